The third-order valence-corrected chi connectivity index (χ3v) is 3.56. The molecular weight excluding hydrogens is 260 g/mol. The van der Waals surface area contributed by atoms with Crippen LogP contribution in [0.5, 0.6) is 5.75 Å². The summed E-state index contributed by atoms with van der Waals surface area (Å²) in [5.41, 5.74) is 1.19. The molecule has 0 spiro atoms. The summed E-state index contributed by atoms with van der Waals surface area (Å²) in [4.78, 5) is 2.44. The number of nitrogens with zero attached hydrogens (tertiary/aromatic N) is 1. The second kappa shape index (κ2) is 9.18. The maximum atomic E-state index is 6.09. The van der Waals surface area contributed by atoms with Crippen LogP contribution in [0.4, 0.5) is 0 Å². The SMILES string of the molecule is CCN(CC)CCCNCc1ccc(OC)c(Cl)c1. The van der Waals surface area contributed by atoms with E-state index in [0.717, 1.165) is 38.5 Å². The van der Waals surface area contributed by atoms with Gasteiger partial charge in [0.25, 0.3) is 0 Å². The van der Waals surface area contributed by atoms with Gasteiger partial charge in [0.2, 0.25) is 0 Å². The fourth-order valence-corrected chi connectivity index (χ4v) is 2.30. The van der Waals surface area contributed by atoms with Gasteiger partial charge in [0.1, 0.15) is 5.75 Å². The molecule has 0 saturated heterocycles. The van der Waals surface area contributed by atoms with E-state index in [1.54, 1.807) is 7.11 Å². The van der Waals surface area contributed by atoms with Crippen LogP contribution < -0.4 is 10.1 Å². The first kappa shape index (κ1) is 16.3. The molecule has 0 bridgehead atoms. The summed E-state index contributed by atoms with van der Waals surface area (Å²) in [6.07, 6.45) is 1.17. The molecule has 0 fully saturated rings. The highest BCUT2D eigenvalue weighted by Crippen LogP contribution is 2.24. The molecule has 19 heavy (non-hydrogen) atoms. The van der Waals surface area contributed by atoms with Crippen LogP contribution in [0.2, 0.25) is 5.02 Å². The third-order valence-electron chi connectivity index (χ3n) is 3.27. The second-order valence-corrected chi connectivity index (χ2v) is 4.93. The van der Waals surface area contributed by atoms with Crippen LogP contribution >= 0.6 is 11.6 Å². The molecule has 0 saturated carbocycles. The number of hydrogen-bond donors (Lipinski definition) is 1. The first-order valence-corrected chi connectivity index (χ1v) is 7.34. The molecule has 0 unspecified atom stereocenters. The highest BCUT2D eigenvalue weighted by atomic mass is 35.5. The Morgan fingerprint density at radius 1 is 1.26 bits per heavy atom. The lowest BCUT2D eigenvalue weighted by molar-refractivity contribution is 0.298. The van der Waals surface area contributed by atoms with Gasteiger partial charge in [0, 0.05) is 6.54 Å². The highest BCUT2D eigenvalue weighted by molar-refractivity contribution is 6.32. The van der Waals surface area contributed by atoms with Gasteiger partial charge in [0.05, 0.1) is 12.1 Å². The van der Waals surface area contributed by atoms with Crippen molar-refractivity contribution in [1.82, 2.24) is 10.2 Å². The monoisotopic (exact) mass is 284 g/mol. The Morgan fingerprint density at radius 2 is 2.00 bits per heavy atom. The van der Waals surface area contributed by atoms with Crippen molar-refractivity contribution in [2.75, 3.05) is 33.3 Å². The summed E-state index contributed by atoms with van der Waals surface area (Å²) in [6, 6.07) is 5.91. The van der Waals surface area contributed by atoms with Crippen molar-refractivity contribution in [3.05, 3.63) is 28.8 Å². The quantitative estimate of drug-likeness (QED) is 0.705. The summed E-state index contributed by atoms with van der Waals surface area (Å²) in [7, 11) is 1.63. The third kappa shape index (κ3) is 5.81. The van der Waals surface area contributed by atoms with Crippen LogP contribution in [-0.4, -0.2) is 38.2 Å². The smallest absolute Gasteiger partial charge is 0.137 e. The van der Waals surface area contributed by atoms with Gasteiger partial charge >= 0.3 is 0 Å². The van der Waals surface area contributed by atoms with E-state index in [2.05, 4.69) is 24.1 Å². The van der Waals surface area contributed by atoms with E-state index in [9.17, 15) is 0 Å². The largest absolute Gasteiger partial charge is 0.495 e. The Balaban J connectivity index is 2.24. The Labute approximate surface area is 121 Å². The van der Waals surface area contributed by atoms with E-state index in [-0.39, 0.29) is 0 Å². The Kier molecular flexibility index (Phi) is 7.87. The summed E-state index contributed by atoms with van der Waals surface area (Å²) < 4.78 is 5.14. The fraction of sp³-hybridized carbons (Fsp3) is 0.600. The summed E-state index contributed by atoms with van der Waals surface area (Å²) in [5.74, 6) is 0.729. The minimum absolute atomic E-state index is 0.671. The minimum Gasteiger partial charge on any atom is -0.495 e. The zero-order valence-electron chi connectivity index (χ0n) is 12.2. The molecule has 0 aliphatic rings. The highest BCUT2D eigenvalue weighted by Gasteiger charge is 2.02. The van der Waals surface area contributed by atoms with Crippen LogP contribution in [0.3, 0.4) is 0 Å². The van der Waals surface area contributed by atoms with Crippen LogP contribution in [0.1, 0.15) is 25.8 Å². The van der Waals surface area contributed by atoms with Crippen molar-refractivity contribution in [1.29, 1.82) is 0 Å². The Bertz CT molecular complexity index is 367. The number of halogens is 1. The molecular formula is C15H25ClN2O. The van der Waals surface area contributed by atoms with Crippen LogP contribution in [0, 0.1) is 0 Å². The Morgan fingerprint density at radius 3 is 2.58 bits per heavy atom. The van der Waals surface area contributed by atoms with Crippen LogP contribution in [0.25, 0.3) is 0 Å². The minimum atomic E-state index is 0.671. The molecule has 3 nitrogen and oxygen atoms in total. The van der Waals surface area contributed by atoms with Crippen molar-refractivity contribution >= 4 is 11.6 Å². The topological polar surface area (TPSA) is 24.5 Å². The van der Waals surface area contributed by atoms with Gasteiger partial charge in [-0.3, -0.25) is 0 Å². The summed E-state index contributed by atoms with van der Waals surface area (Å²) in [5, 5.41) is 4.12. The molecule has 0 atom stereocenters. The normalized spacial score (nSPS) is 11.0. The number of benzene rings is 1. The maximum absolute atomic E-state index is 6.09. The summed E-state index contributed by atoms with van der Waals surface area (Å²) >= 11 is 6.09. The van der Waals surface area contributed by atoms with Crippen molar-refractivity contribution in [3.8, 4) is 5.75 Å². The van der Waals surface area contributed by atoms with Gasteiger partial charge in [-0.05, 0) is 50.3 Å². The molecule has 1 rings (SSSR count). The van der Waals surface area contributed by atoms with Crippen molar-refractivity contribution in [3.63, 3.8) is 0 Å². The van der Waals surface area contributed by atoms with Crippen LogP contribution in [-0.2, 0) is 6.54 Å². The van der Waals surface area contributed by atoms with Crippen molar-refractivity contribution in [2.45, 2.75) is 26.8 Å². The zero-order valence-corrected chi connectivity index (χ0v) is 13.0. The second-order valence-electron chi connectivity index (χ2n) is 4.53. The zero-order chi connectivity index (χ0) is 14.1. The average molecular weight is 285 g/mol. The van der Waals surface area contributed by atoms with Crippen molar-refractivity contribution in [2.24, 2.45) is 0 Å². The standard InChI is InChI=1S/C15H25ClN2O/c1-4-18(5-2)10-6-9-17-12-13-7-8-15(19-3)14(16)11-13/h7-8,11,17H,4-6,9-10,12H2,1-3H3. The lowest BCUT2D eigenvalue weighted by Crippen LogP contribution is -2.27. The first-order valence-electron chi connectivity index (χ1n) is 6.96. The predicted octanol–water partition coefficient (Wildman–Crippen LogP) is 3.17. The van der Waals surface area contributed by atoms with Gasteiger partial charge < -0.3 is 15.0 Å². The fourth-order valence-electron chi connectivity index (χ4n) is 2.02. The van der Waals surface area contributed by atoms with Gasteiger partial charge in [-0.25, -0.2) is 0 Å². The molecule has 0 aromatic heterocycles. The number of methoxy groups -OCH3 is 1. The van der Waals surface area contributed by atoms with Gasteiger partial charge in [-0.1, -0.05) is 31.5 Å². The average Bonchev–Trinajstić information content (AvgIpc) is 2.43. The van der Waals surface area contributed by atoms with E-state index in [4.69, 9.17) is 16.3 Å². The van der Waals surface area contributed by atoms with Crippen LogP contribution in [0.15, 0.2) is 18.2 Å². The van der Waals surface area contributed by atoms with E-state index >= 15 is 0 Å². The van der Waals surface area contributed by atoms with Gasteiger partial charge in [0.15, 0.2) is 0 Å². The number of hydrogen-bond acceptors (Lipinski definition) is 3. The molecule has 1 N–H and O–H groups in total. The summed E-state index contributed by atoms with van der Waals surface area (Å²) in [6.45, 7) is 9.70. The maximum Gasteiger partial charge on any atom is 0.137 e. The van der Waals surface area contributed by atoms with E-state index in [1.165, 1.54) is 12.0 Å². The molecule has 1 aromatic rings. The Hall–Kier alpha value is -0.770. The number of nitrogens with one attached hydrogen (secondary N) is 1. The molecule has 0 aliphatic heterocycles. The molecule has 108 valence electrons. The molecule has 4 heteroatoms. The first-order chi connectivity index (χ1) is 9.21. The van der Waals surface area contributed by atoms with Crippen molar-refractivity contribution < 1.29 is 4.74 Å². The molecule has 0 aliphatic carbocycles. The van der Waals surface area contributed by atoms with E-state index in [1.807, 2.05) is 18.2 Å². The number of ether oxygens (including phenoxy) is 1. The molecule has 0 heterocycles. The lowest BCUT2D eigenvalue weighted by Gasteiger charge is -2.17. The predicted molar refractivity (Wildman–Crippen MR) is 82.1 cm³/mol. The lowest BCUT2D eigenvalue weighted by atomic mass is 10.2. The number of rotatable bonds is 9. The molecule has 0 radical (unpaired) electrons. The van der Waals surface area contributed by atoms with E-state index < -0.39 is 0 Å². The van der Waals surface area contributed by atoms with Gasteiger partial charge in [-0.2, -0.15) is 0 Å². The van der Waals surface area contributed by atoms with E-state index in [0.29, 0.717) is 5.02 Å². The molecule has 1 aromatic carbocycles. The molecule has 0 amide bonds. The van der Waals surface area contributed by atoms with Gasteiger partial charge in [-0.15, -0.1) is 0 Å².